The van der Waals surface area contributed by atoms with Crippen LogP contribution in [0.5, 0.6) is 0 Å². The molecule has 0 atom stereocenters. The molecule has 64 valence electrons. The molecule has 0 unspecified atom stereocenters. The van der Waals surface area contributed by atoms with Gasteiger partial charge in [0.15, 0.2) is 0 Å². The van der Waals surface area contributed by atoms with Gasteiger partial charge in [-0.25, -0.2) is 0 Å². The predicted molar refractivity (Wildman–Crippen MR) is 48.8 cm³/mol. The van der Waals surface area contributed by atoms with Crippen molar-refractivity contribution in [3.05, 3.63) is 17.0 Å². The Balaban J connectivity index is 0.000000461. The van der Waals surface area contributed by atoms with Gasteiger partial charge in [-0.3, -0.25) is 5.10 Å². The van der Waals surface area contributed by atoms with Crippen molar-refractivity contribution in [2.75, 3.05) is 0 Å². The highest BCUT2D eigenvalue weighted by atomic mass is 15.1. The molecule has 0 saturated heterocycles. The number of rotatable bonds is 1. The summed E-state index contributed by atoms with van der Waals surface area (Å²) in [6, 6.07) is 0. The van der Waals surface area contributed by atoms with E-state index >= 15 is 0 Å². The normalized spacial score (nSPS) is 8.82. The van der Waals surface area contributed by atoms with E-state index in [1.165, 1.54) is 11.3 Å². The Kier molecular flexibility index (Phi) is 4.59. The van der Waals surface area contributed by atoms with Gasteiger partial charge in [0.2, 0.25) is 0 Å². The molecule has 0 spiro atoms. The zero-order valence-electron chi connectivity index (χ0n) is 8.15. The molecule has 0 aliphatic heterocycles. The van der Waals surface area contributed by atoms with Crippen LogP contribution in [0.15, 0.2) is 0 Å². The fraction of sp³-hybridized carbons (Fsp3) is 0.667. The van der Waals surface area contributed by atoms with Gasteiger partial charge in [-0.2, -0.15) is 5.10 Å². The smallest absolute Gasteiger partial charge is 0.0625 e. The summed E-state index contributed by atoms with van der Waals surface area (Å²) in [4.78, 5) is 0. The molecule has 1 rings (SSSR count). The number of H-pyrrole nitrogens is 1. The Morgan fingerprint density at radius 1 is 1.27 bits per heavy atom. The first-order valence-corrected chi connectivity index (χ1v) is 4.26. The number of aromatic amines is 1. The summed E-state index contributed by atoms with van der Waals surface area (Å²) in [6.07, 6.45) is 1.08. The summed E-state index contributed by atoms with van der Waals surface area (Å²) >= 11 is 0. The first-order chi connectivity index (χ1) is 5.25. The van der Waals surface area contributed by atoms with Crippen LogP contribution in [0.1, 0.15) is 37.7 Å². The maximum Gasteiger partial charge on any atom is 0.0625 e. The second kappa shape index (κ2) is 4.94. The highest BCUT2D eigenvalue weighted by Crippen LogP contribution is 2.08. The van der Waals surface area contributed by atoms with Gasteiger partial charge in [0.05, 0.1) is 5.69 Å². The topological polar surface area (TPSA) is 28.7 Å². The monoisotopic (exact) mass is 154 g/mol. The third-order valence-electron chi connectivity index (χ3n) is 1.63. The number of nitrogens with one attached hydrogen (secondary N) is 1. The number of nitrogens with zero attached hydrogens (tertiary/aromatic N) is 1. The Bertz CT molecular complexity index is 182. The van der Waals surface area contributed by atoms with Crippen LogP contribution < -0.4 is 0 Å². The van der Waals surface area contributed by atoms with Crippen molar-refractivity contribution in [3.8, 4) is 0 Å². The maximum atomic E-state index is 4.06. The molecule has 0 aliphatic rings. The van der Waals surface area contributed by atoms with Gasteiger partial charge in [-0.05, 0) is 25.8 Å². The molecular weight excluding hydrogens is 136 g/mol. The summed E-state index contributed by atoms with van der Waals surface area (Å²) in [5.41, 5.74) is 3.69. The van der Waals surface area contributed by atoms with E-state index in [4.69, 9.17) is 0 Å². The summed E-state index contributed by atoms with van der Waals surface area (Å²) in [5, 5.41) is 7.00. The average molecular weight is 154 g/mol. The number of aromatic nitrogens is 2. The minimum absolute atomic E-state index is 1.08. The molecule has 1 aromatic heterocycles. The lowest BCUT2D eigenvalue weighted by Gasteiger charge is -1.91. The van der Waals surface area contributed by atoms with Crippen LogP contribution in [0.4, 0.5) is 0 Å². The van der Waals surface area contributed by atoms with E-state index in [0.717, 1.165) is 12.1 Å². The quantitative estimate of drug-likeness (QED) is 0.661. The molecule has 0 saturated carbocycles. The summed E-state index contributed by atoms with van der Waals surface area (Å²) in [6.45, 7) is 10.2. The van der Waals surface area contributed by atoms with Crippen LogP contribution in [0.2, 0.25) is 0 Å². The van der Waals surface area contributed by atoms with Crippen molar-refractivity contribution in [3.63, 3.8) is 0 Å². The molecule has 2 nitrogen and oxygen atoms in total. The molecule has 1 N–H and O–H groups in total. The Morgan fingerprint density at radius 3 is 2.00 bits per heavy atom. The third-order valence-corrected chi connectivity index (χ3v) is 1.63. The Hall–Kier alpha value is -0.790. The third kappa shape index (κ3) is 2.37. The predicted octanol–water partition coefficient (Wildman–Crippen LogP) is 2.62. The van der Waals surface area contributed by atoms with Crippen molar-refractivity contribution in [1.82, 2.24) is 10.2 Å². The summed E-state index contributed by atoms with van der Waals surface area (Å²) < 4.78 is 0. The lowest BCUT2D eigenvalue weighted by molar-refractivity contribution is 1.02. The number of aryl methyl sites for hydroxylation is 2. The Morgan fingerprint density at radius 2 is 1.82 bits per heavy atom. The molecule has 11 heavy (non-hydrogen) atoms. The lowest BCUT2D eigenvalue weighted by atomic mass is 10.1. The van der Waals surface area contributed by atoms with Crippen LogP contribution in [-0.2, 0) is 6.42 Å². The van der Waals surface area contributed by atoms with Crippen LogP contribution in [0.3, 0.4) is 0 Å². The number of hydrogen-bond acceptors (Lipinski definition) is 1. The highest BCUT2D eigenvalue weighted by Gasteiger charge is 2.00. The molecule has 0 radical (unpaired) electrons. The van der Waals surface area contributed by atoms with Crippen molar-refractivity contribution < 1.29 is 0 Å². The van der Waals surface area contributed by atoms with Gasteiger partial charge in [0.25, 0.3) is 0 Å². The van der Waals surface area contributed by atoms with Crippen molar-refractivity contribution in [1.29, 1.82) is 0 Å². The van der Waals surface area contributed by atoms with Crippen molar-refractivity contribution >= 4 is 0 Å². The van der Waals surface area contributed by atoms with Crippen LogP contribution >= 0.6 is 0 Å². The first kappa shape index (κ1) is 10.2. The standard InChI is InChI=1S/C7H12N2.C2H6/c1-4-7-5(2)8-9-6(7)3;1-2/h4H2,1-3H3,(H,8,9);1-2H3. The van der Waals surface area contributed by atoms with E-state index in [9.17, 15) is 0 Å². The molecule has 0 fully saturated rings. The molecule has 0 amide bonds. The van der Waals surface area contributed by atoms with Crippen LogP contribution in [-0.4, -0.2) is 10.2 Å². The number of hydrogen-bond donors (Lipinski definition) is 1. The molecular formula is C9H18N2. The van der Waals surface area contributed by atoms with Gasteiger partial charge in [0.1, 0.15) is 0 Å². The molecule has 0 aliphatic carbocycles. The summed E-state index contributed by atoms with van der Waals surface area (Å²) in [7, 11) is 0. The maximum absolute atomic E-state index is 4.06. The van der Waals surface area contributed by atoms with E-state index < -0.39 is 0 Å². The van der Waals surface area contributed by atoms with Gasteiger partial charge in [0, 0.05) is 5.69 Å². The van der Waals surface area contributed by atoms with Crippen LogP contribution in [0.25, 0.3) is 0 Å². The lowest BCUT2D eigenvalue weighted by Crippen LogP contribution is -1.82. The van der Waals surface area contributed by atoms with Gasteiger partial charge in [-0.15, -0.1) is 0 Å². The SMILES string of the molecule is CC.CCc1c(C)n[nH]c1C. The zero-order valence-corrected chi connectivity index (χ0v) is 8.15. The molecule has 1 aromatic rings. The van der Waals surface area contributed by atoms with E-state index in [2.05, 4.69) is 24.0 Å². The van der Waals surface area contributed by atoms with Crippen molar-refractivity contribution in [2.24, 2.45) is 0 Å². The molecule has 0 bridgehead atoms. The molecule has 2 heteroatoms. The minimum Gasteiger partial charge on any atom is -0.282 e. The van der Waals surface area contributed by atoms with E-state index in [-0.39, 0.29) is 0 Å². The second-order valence-corrected chi connectivity index (χ2v) is 2.27. The summed E-state index contributed by atoms with van der Waals surface area (Å²) in [5.74, 6) is 0. The van der Waals surface area contributed by atoms with Gasteiger partial charge in [-0.1, -0.05) is 20.8 Å². The largest absolute Gasteiger partial charge is 0.282 e. The Labute approximate surface area is 69.0 Å². The van der Waals surface area contributed by atoms with Crippen molar-refractivity contribution in [2.45, 2.75) is 41.0 Å². The molecule has 1 heterocycles. The second-order valence-electron chi connectivity index (χ2n) is 2.27. The fourth-order valence-electron chi connectivity index (χ4n) is 1.10. The van der Waals surface area contributed by atoms with E-state index in [1.807, 2.05) is 20.8 Å². The van der Waals surface area contributed by atoms with E-state index in [1.54, 1.807) is 0 Å². The fourth-order valence-corrected chi connectivity index (χ4v) is 1.10. The average Bonchev–Trinajstić information content (AvgIpc) is 2.35. The first-order valence-electron chi connectivity index (χ1n) is 4.26. The van der Waals surface area contributed by atoms with Gasteiger partial charge >= 0.3 is 0 Å². The zero-order chi connectivity index (χ0) is 8.85. The van der Waals surface area contributed by atoms with Crippen LogP contribution in [0, 0.1) is 13.8 Å². The van der Waals surface area contributed by atoms with E-state index in [0.29, 0.717) is 0 Å². The minimum atomic E-state index is 1.08. The highest BCUT2D eigenvalue weighted by molar-refractivity contribution is 5.22. The van der Waals surface area contributed by atoms with Gasteiger partial charge < -0.3 is 0 Å². The molecule has 0 aromatic carbocycles.